The van der Waals surface area contributed by atoms with Gasteiger partial charge >= 0.3 is 0 Å². The molecule has 0 amide bonds. The normalized spacial score (nSPS) is 12.8. The Morgan fingerprint density at radius 1 is 1.00 bits per heavy atom. The van der Waals surface area contributed by atoms with Gasteiger partial charge < -0.3 is 23.4 Å². The van der Waals surface area contributed by atoms with Gasteiger partial charge in [0, 0.05) is 21.7 Å². The van der Waals surface area contributed by atoms with Crippen molar-refractivity contribution in [3.63, 3.8) is 0 Å². The zero-order valence-corrected chi connectivity index (χ0v) is 19.8. The van der Waals surface area contributed by atoms with Gasteiger partial charge in [0.15, 0.2) is 6.79 Å². The fourth-order valence-electron chi connectivity index (χ4n) is 3.42. The first-order chi connectivity index (χ1) is 15.6. The molecule has 0 fully saturated rings. The quantitative estimate of drug-likeness (QED) is 0.276. The van der Waals surface area contributed by atoms with E-state index < -0.39 is 0 Å². The first-order valence-corrected chi connectivity index (χ1v) is 11.3. The van der Waals surface area contributed by atoms with Gasteiger partial charge in [0.25, 0.3) is 0 Å². The van der Waals surface area contributed by atoms with Crippen LogP contribution in [0.1, 0.15) is 11.1 Å². The van der Waals surface area contributed by atoms with Crippen molar-refractivity contribution in [1.29, 1.82) is 0 Å². The van der Waals surface area contributed by atoms with E-state index in [1.165, 1.54) is 6.26 Å². The Kier molecular flexibility index (Phi) is 5.91. The number of halogens is 2. The summed E-state index contributed by atoms with van der Waals surface area (Å²) in [6, 6.07) is 16.3. The Balaban J connectivity index is 1.38. The first kappa shape index (κ1) is 21.1. The summed E-state index contributed by atoms with van der Waals surface area (Å²) in [6.45, 7) is 1.00. The third kappa shape index (κ3) is 4.26. The van der Waals surface area contributed by atoms with Gasteiger partial charge in [0.05, 0.1) is 16.5 Å². The van der Waals surface area contributed by atoms with Crippen LogP contribution in [0.2, 0.25) is 0 Å². The Morgan fingerprint density at radius 3 is 2.75 bits per heavy atom. The smallest absolute Gasteiger partial charge is 0.235 e. The van der Waals surface area contributed by atoms with E-state index in [1.807, 2.05) is 30.3 Å². The van der Waals surface area contributed by atoms with Crippen molar-refractivity contribution >= 4 is 42.8 Å². The third-order valence-corrected chi connectivity index (χ3v) is 6.03. The van der Waals surface area contributed by atoms with Crippen molar-refractivity contribution < 1.29 is 23.4 Å². The molecular weight excluding hydrogens is 544 g/mol. The molecule has 0 spiro atoms. The van der Waals surface area contributed by atoms with Gasteiger partial charge in [0.2, 0.25) is 11.2 Å². The first-order valence-electron chi connectivity index (χ1n) is 9.71. The second-order valence-corrected chi connectivity index (χ2v) is 8.84. The molecule has 4 aromatic rings. The molecule has 32 heavy (non-hydrogen) atoms. The van der Waals surface area contributed by atoms with Crippen LogP contribution in [0.4, 0.5) is 0 Å². The standard InChI is InChI=1S/C24H16Br2O6/c25-16-7-14-10-28-13-31-24(14)15(8-16)11-29-17-5-6-18-21(9-17)30-12-22(23(18)27)32-20-4-2-1-3-19(20)26/h1-9,12H,10-11,13H2. The minimum atomic E-state index is -0.261. The van der Waals surface area contributed by atoms with E-state index in [0.29, 0.717) is 35.7 Å². The lowest BCUT2D eigenvalue weighted by Gasteiger charge is -2.21. The molecule has 3 aromatic carbocycles. The Labute approximate surface area is 199 Å². The van der Waals surface area contributed by atoms with E-state index >= 15 is 0 Å². The molecule has 162 valence electrons. The molecule has 1 aliphatic heterocycles. The number of hydrogen-bond acceptors (Lipinski definition) is 6. The van der Waals surface area contributed by atoms with E-state index in [1.54, 1.807) is 24.3 Å². The highest BCUT2D eigenvalue weighted by Gasteiger charge is 2.17. The molecule has 0 unspecified atom stereocenters. The lowest BCUT2D eigenvalue weighted by Crippen LogP contribution is -2.14. The summed E-state index contributed by atoms with van der Waals surface area (Å²) < 4.78 is 30.0. The predicted molar refractivity (Wildman–Crippen MR) is 125 cm³/mol. The molecule has 0 atom stereocenters. The van der Waals surface area contributed by atoms with Crippen molar-refractivity contribution in [2.45, 2.75) is 13.2 Å². The minimum Gasteiger partial charge on any atom is -0.489 e. The monoisotopic (exact) mass is 558 g/mol. The summed E-state index contributed by atoms with van der Waals surface area (Å²) in [7, 11) is 0. The fourth-order valence-corrected chi connectivity index (χ4v) is 4.34. The summed E-state index contributed by atoms with van der Waals surface area (Å²) in [4.78, 5) is 12.9. The van der Waals surface area contributed by atoms with Gasteiger partial charge in [-0.1, -0.05) is 28.1 Å². The van der Waals surface area contributed by atoms with Crippen LogP contribution in [0.25, 0.3) is 11.0 Å². The second kappa shape index (κ2) is 8.97. The summed E-state index contributed by atoms with van der Waals surface area (Å²) in [5.74, 6) is 1.99. The number of para-hydroxylation sites is 1. The van der Waals surface area contributed by atoms with Crippen LogP contribution >= 0.6 is 31.9 Å². The molecule has 1 aromatic heterocycles. The molecule has 0 saturated heterocycles. The van der Waals surface area contributed by atoms with Crippen molar-refractivity contribution in [2.75, 3.05) is 6.79 Å². The molecule has 1 aliphatic rings. The van der Waals surface area contributed by atoms with E-state index in [4.69, 9.17) is 23.4 Å². The van der Waals surface area contributed by atoms with Crippen LogP contribution in [-0.2, 0) is 18.0 Å². The fraction of sp³-hybridized carbons (Fsp3) is 0.125. The number of fused-ring (bicyclic) bond motifs is 2. The topological polar surface area (TPSA) is 67.1 Å². The number of benzene rings is 3. The van der Waals surface area contributed by atoms with Crippen molar-refractivity contribution in [3.05, 3.63) is 91.2 Å². The van der Waals surface area contributed by atoms with Gasteiger partial charge in [0.1, 0.15) is 35.7 Å². The SMILES string of the molecule is O=c1c(Oc2ccccc2Br)coc2cc(OCc3cc(Br)cc4c3OCOC4)ccc12. The highest BCUT2D eigenvalue weighted by atomic mass is 79.9. The summed E-state index contributed by atoms with van der Waals surface area (Å²) in [5.41, 5.74) is 2.01. The van der Waals surface area contributed by atoms with E-state index in [0.717, 1.165) is 25.8 Å². The van der Waals surface area contributed by atoms with E-state index in [2.05, 4.69) is 31.9 Å². The van der Waals surface area contributed by atoms with Crippen LogP contribution in [0.3, 0.4) is 0 Å². The zero-order valence-electron chi connectivity index (χ0n) is 16.6. The Morgan fingerprint density at radius 2 is 1.88 bits per heavy atom. The maximum Gasteiger partial charge on any atom is 0.235 e. The van der Waals surface area contributed by atoms with Gasteiger partial charge in [-0.05, 0) is 52.3 Å². The maximum absolute atomic E-state index is 12.9. The molecule has 0 aliphatic carbocycles. The van der Waals surface area contributed by atoms with E-state index in [-0.39, 0.29) is 18.0 Å². The number of rotatable bonds is 5. The van der Waals surface area contributed by atoms with Crippen LogP contribution < -0.4 is 19.6 Å². The third-order valence-electron chi connectivity index (χ3n) is 4.92. The van der Waals surface area contributed by atoms with Crippen molar-refractivity contribution in [3.8, 4) is 23.0 Å². The lowest BCUT2D eigenvalue weighted by atomic mass is 10.1. The Hall–Kier alpha value is -2.81. The largest absolute Gasteiger partial charge is 0.489 e. The number of hydrogen-bond donors (Lipinski definition) is 0. The van der Waals surface area contributed by atoms with Crippen LogP contribution in [0.5, 0.6) is 23.0 Å². The lowest BCUT2D eigenvalue weighted by molar-refractivity contribution is -0.0176. The highest BCUT2D eigenvalue weighted by molar-refractivity contribution is 9.10. The molecule has 0 radical (unpaired) electrons. The summed E-state index contributed by atoms with van der Waals surface area (Å²) in [5, 5.41) is 0.405. The highest BCUT2D eigenvalue weighted by Crippen LogP contribution is 2.33. The molecule has 0 N–H and O–H groups in total. The van der Waals surface area contributed by atoms with Gasteiger partial charge in [-0.2, -0.15) is 0 Å². The molecule has 0 saturated carbocycles. The Bertz CT molecular complexity index is 1360. The van der Waals surface area contributed by atoms with Gasteiger partial charge in [-0.15, -0.1) is 0 Å². The maximum atomic E-state index is 12.9. The number of ether oxygens (including phenoxy) is 4. The van der Waals surface area contributed by atoms with Gasteiger partial charge in [-0.3, -0.25) is 4.79 Å². The molecule has 5 rings (SSSR count). The second-order valence-electron chi connectivity index (χ2n) is 7.07. The zero-order chi connectivity index (χ0) is 22.1. The minimum absolute atomic E-state index is 0.109. The van der Waals surface area contributed by atoms with Gasteiger partial charge in [-0.25, -0.2) is 0 Å². The van der Waals surface area contributed by atoms with Crippen LogP contribution in [-0.4, -0.2) is 6.79 Å². The van der Waals surface area contributed by atoms with E-state index in [9.17, 15) is 4.79 Å². The summed E-state index contributed by atoms with van der Waals surface area (Å²) in [6.07, 6.45) is 1.31. The summed E-state index contributed by atoms with van der Waals surface area (Å²) >= 11 is 6.92. The molecule has 2 heterocycles. The van der Waals surface area contributed by atoms with Crippen molar-refractivity contribution in [2.24, 2.45) is 0 Å². The van der Waals surface area contributed by atoms with Crippen LogP contribution in [0, 0.1) is 0 Å². The molecule has 8 heteroatoms. The average molecular weight is 560 g/mol. The van der Waals surface area contributed by atoms with Crippen LogP contribution in [0.15, 0.2) is 79.0 Å². The predicted octanol–water partition coefficient (Wildman–Crippen LogP) is 6.56. The molecule has 6 nitrogen and oxygen atoms in total. The van der Waals surface area contributed by atoms with Crippen molar-refractivity contribution in [1.82, 2.24) is 0 Å². The molecule has 0 bridgehead atoms. The molecular formula is C24H16Br2O6. The average Bonchev–Trinajstić information content (AvgIpc) is 2.80.